The molecule has 0 saturated carbocycles. The smallest absolute Gasteiger partial charge is 0.165 e. The van der Waals surface area contributed by atoms with Crippen molar-refractivity contribution in [2.24, 2.45) is 0 Å². The molecule has 1 aromatic carbocycles. The summed E-state index contributed by atoms with van der Waals surface area (Å²) >= 11 is 0. The minimum Gasteiger partial charge on any atom is -0.484 e. The molecule has 1 nitrogen and oxygen atoms in total. The normalized spacial score (nSPS) is 19.0. The Kier molecular flexibility index (Phi) is 1.79. The zero-order valence-electron chi connectivity index (χ0n) is 7.93. The van der Waals surface area contributed by atoms with Gasteiger partial charge in [0.25, 0.3) is 0 Å². The maximum Gasteiger partial charge on any atom is 0.165 e. The van der Waals surface area contributed by atoms with Crippen LogP contribution in [0.5, 0.6) is 5.75 Å². The van der Waals surface area contributed by atoms with Gasteiger partial charge in [0, 0.05) is 0 Å². The highest BCUT2D eigenvalue weighted by Crippen LogP contribution is 2.34. The zero-order chi connectivity index (χ0) is 9.47. The Morgan fingerprint density at radius 1 is 1.38 bits per heavy atom. The van der Waals surface area contributed by atoms with Gasteiger partial charge in [0.2, 0.25) is 0 Å². The molecule has 0 radical (unpaired) electrons. The first-order valence-electron chi connectivity index (χ1n) is 4.55. The molecule has 1 aliphatic rings. The van der Waals surface area contributed by atoms with Gasteiger partial charge in [-0.25, -0.2) is 4.39 Å². The molecule has 70 valence electrons. The first kappa shape index (κ1) is 8.54. The van der Waals surface area contributed by atoms with Gasteiger partial charge in [-0.2, -0.15) is 0 Å². The van der Waals surface area contributed by atoms with Gasteiger partial charge >= 0.3 is 0 Å². The van der Waals surface area contributed by atoms with E-state index in [1.807, 2.05) is 19.9 Å². The van der Waals surface area contributed by atoms with Gasteiger partial charge in [-0.1, -0.05) is 12.1 Å². The summed E-state index contributed by atoms with van der Waals surface area (Å²) in [4.78, 5) is 0. The number of ether oxygens (including phenoxy) is 1. The molecular weight excluding hydrogens is 167 g/mol. The van der Waals surface area contributed by atoms with Gasteiger partial charge in [0.15, 0.2) is 11.6 Å². The fourth-order valence-electron chi connectivity index (χ4n) is 1.63. The lowest BCUT2D eigenvalue weighted by Gasteiger charge is -2.32. The van der Waals surface area contributed by atoms with Crippen molar-refractivity contribution in [2.45, 2.75) is 32.3 Å². The summed E-state index contributed by atoms with van der Waals surface area (Å²) in [6.07, 6.45) is 1.85. The Hall–Kier alpha value is -1.05. The summed E-state index contributed by atoms with van der Waals surface area (Å²) in [5.41, 5.74) is 0.758. The summed E-state index contributed by atoms with van der Waals surface area (Å²) in [6.45, 7) is 3.98. The van der Waals surface area contributed by atoms with E-state index in [9.17, 15) is 4.39 Å². The van der Waals surface area contributed by atoms with Crippen molar-refractivity contribution in [2.75, 3.05) is 0 Å². The highest BCUT2D eigenvalue weighted by molar-refractivity contribution is 5.37. The first-order chi connectivity index (χ1) is 6.08. The third kappa shape index (κ3) is 1.53. The van der Waals surface area contributed by atoms with Crippen LogP contribution in [0.4, 0.5) is 4.39 Å². The molecule has 13 heavy (non-hydrogen) atoms. The molecule has 2 rings (SSSR count). The highest BCUT2D eigenvalue weighted by Gasteiger charge is 2.28. The second-order valence-corrected chi connectivity index (χ2v) is 4.09. The van der Waals surface area contributed by atoms with Gasteiger partial charge in [-0.15, -0.1) is 0 Å². The zero-order valence-corrected chi connectivity index (χ0v) is 7.93. The Morgan fingerprint density at radius 2 is 2.15 bits per heavy atom. The molecule has 0 spiro atoms. The number of benzene rings is 1. The number of fused-ring (bicyclic) bond motifs is 1. The van der Waals surface area contributed by atoms with Crippen molar-refractivity contribution in [1.82, 2.24) is 0 Å². The fourth-order valence-corrected chi connectivity index (χ4v) is 1.63. The average molecular weight is 180 g/mol. The maximum atomic E-state index is 13.3. The van der Waals surface area contributed by atoms with Crippen LogP contribution < -0.4 is 4.74 Å². The molecule has 0 aromatic heterocycles. The molecule has 0 N–H and O–H groups in total. The Morgan fingerprint density at radius 3 is 2.92 bits per heavy atom. The first-order valence-corrected chi connectivity index (χ1v) is 4.55. The number of halogens is 1. The van der Waals surface area contributed by atoms with Gasteiger partial charge in [0.1, 0.15) is 5.60 Å². The lowest BCUT2D eigenvalue weighted by Crippen LogP contribution is -2.33. The van der Waals surface area contributed by atoms with Crippen LogP contribution in [0.2, 0.25) is 0 Å². The minimum atomic E-state index is -0.245. The summed E-state index contributed by atoms with van der Waals surface area (Å²) in [6, 6.07) is 5.10. The van der Waals surface area contributed by atoms with Crippen LogP contribution in [-0.4, -0.2) is 5.60 Å². The van der Waals surface area contributed by atoms with Crippen LogP contribution in [0.1, 0.15) is 25.8 Å². The number of hydrogen-bond donors (Lipinski definition) is 0. The molecule has 0 fully saturated rings. The Bertz CT molecular complexity index is 331. The van der Waals surface area contributed by atoms with E-state index < -0.39 is 0 Å². The van der Waals surface area contributed by atoms with E-state index in [1.54, 1.807) is 6.07 Å². The van der Waals surface area contributed by atoms with Crippen molar-refractivity contribution >= 4 is 0 Å². The Labute approximate surface area is 77.5 Å². The predicted molar refractivity (Wildman–Crippen MR) is 49.4 cm³/mol. The average Bonchev–Trinajstić information content (AvgIpc) is 2.06. The second-order valence-electron chi connectivity index (χ2n) is 4.09. The van der Waals surface area contributed by atoms with E-state index in [2.05, 4.69) is 0 Å². The Balaban J connectivity index is 2.44. The van der Waals surface area contributed by atoms with E-state index in [1.165, 1.54) is 6.07 Å². The van der Waals surface area contributed by atoms with Gasteiger partial charge in [-0.3, -0.25) is 0 Å². The molecule has 1 heterocycles. The summed E-state index contributed by atoms with van der Waals surface area (Å²) < 4.78 is 18.9. The van der Waals surface area contributed by atoms with E-state index in [-0.39, 0.29) is 11.4 Å². The standard InChI is InChI=1S/C11H13FO/c1-11(2)7-6-8-4-3-5-9(12)10(8)13-11/h3-5H,6-7H2,1-2H3. The minimum absolute atomic E-state index is 0.227. The SMILES string of the molecule is CC1(C)CCc2cccc(F)c2O1. The predicted octanol–water partition coefficient (Wildman–Crippen LogP) is 2.93. The third-order valence-corrected chi connectivity index (χ3v) is 2.42. The number of hydrogen-bond acceptors (Lipinski definition) is 1. The van der Waals surface area contributed by atoms with Crippen LogP contribution >= 0.6 is 0 Å². The summed E-state index contributed by atoms with van der Waals surface area (Å²) in [5.74, 6) is 0.198. The van der Waals surface area contributed by atoms with Gasteiger partial charge < -0.3 is 4.74 Å². The molecule has 0 aliphatic carbocycles. The second kappa shape index (κ2) is 2.72. The van der Waals surface area contributed by atoms with E-state index >= 15 is 0 Å². The van der Waals surface area contributed by atoms with Crippen LogP contribution in [0, 0.1) is 5.82 Å². The molecule has 0 bridgehead atoms. The highest BCUT2D eigenvalue weighted by atomic mass is 19.1. The molecular formula is C11H13FO. The number of rotatable bonds is 0. The van der Waals surface area contributed by atoms with Crippen molar-refractivity contribution in [3.63, 3.8) is 0 Å². The van der Waals surface area contributed by atoms with Gasteiger partial charge in [0.05, 0.1) is 0 Å². The third-order valence-electron chi connectivity index (χ3n) is 2.42. The molecule has 1 aromatic rings. The van der Waals surface area contributed by atoms with Crippen LogP contribution in [0.15, 0.2) is 18.2 Å². The summed E-state index contributed by atoms with van der Waals surface area (Å²) in [5, 5.41) is 0. The quantitative estimate of drug-likeness (QED) is 0.596. The monoisotopic (exact) mass is 180 g/mol. The maximum absolute atomic E-state index is 13.3. The molecule has 0 atom stereocenters. The largest absolute Gasteiger partial charge is 0.484 e. The van der Waals surface area contributed by atoms with E-state index in [0.29, 0.717) is 5.75 Å². The van der Waals surface area contributed by atoms with Crippen molar-refractivity contribution < 1.29 is 9.13 Å². The topological polar surface area (TPSA) is 9.23 Å². The van der Waals surface area contributed by atoms with Crippen LogP contribution in [-0.2, 0) is 6.42 Å². The molecule has 0 amide bonds. The molecule has 1 aliphatic heterocycles. The number of para-hydroxylation sites is 1. The lowest BCUT2D eigenvalue weighted by molar-refractivity contribution is 0.0790. The van der Waals surface area contributed by atoms with Gasteiger partial charge in [-0.05, 0) is 38.3 Å². The fraction of sp³-hybridized carbons (Fsp3) is 0.455. The van der Waals surface area contributed by atoms with Crippen molar-refractivity contribution in [3.8, 4) is 5.75 Å². The number of aryl methyl sites for hydroxylation is 1. The lowest BCUT2D eigenvalue weighted by atomic mass is 9.94. The van der Waals surface area contributed by atoms with Crippen molar-refractivity contribution in [1.29, 1.82) is 0 Å². The molecule has 0 unspecified atom stereocenters. The summed E-state index contributed by atoms with van der Waals surface area (Å²) in [7, 11) is 0. The molecule has 2 heteroatoms. The van der Waals surface area contributed by atoms with E-state index in [4.69, 9.17) is 4.74 Å². The van der Waals surface area contributed by atoms with Crippen LogP contribution in [0.3, 0.4) is 0 Å². The van der Waals surface area contributed by atoms with Crippen molar-refractivity contribution in [3.05, 3.63) is 29.6 Å². The molecule has 0 saturated heterocycles. The van der Waals surface area contributed by atoms with Crippen LogP contribution in [0.25, 0.3) is 0 Å². The van der Waals surface area contributed by atoms with E-state index in [0.717, 1.165) is 18.4 Å².